The molecule has 1 aliphatic heterocycles. The van der Waals surface area contributed by atoms with Crippen molar-refractivity contribution in [2.45, 2.75) is 32.0 Å². The average molecular weight is 270 g/mol. The van der Waals surface area contributed by atoms with Crippen LogP contribution >= 0.6 is 11.6 Å². The highest BCUT2D eigenvalue weighted by Crippen LogP contribution is 2.37. The first kappa shape index (κ1) is 12.0. The number of ether oxygens (including phenoxy) is 1. The zero-order valence-electron chi connectivity index (χ0n) is 10.2. The molecule has 1 saturated heterocycles. The summed E-state index contributed by atoms with van der Waals surface area (Å²) in [4.78, 5) is 13.3. The van der Waals surface area contributed by atoms with Crippen LogP contribution in [0.4, 0.5) is 5.82 Å². The molecule has 1 aliphatic carbocycles. The molecule has 0 aromatic carbocycles. The summed E-state index contributed by atoms with van der Waals surface area (Å²) in [6.45, 7) is 3.66. The van der Waals surface area contributed by atoms with E-state index in [4.69, 9.17) is 16.3 Å². The number of hydrogen-bond donors (Lipinski definition) is 1. The summed E-state index contributed by atoms with van der Waals surface area (Å²) in [6.07, 6.45) is 2.97. The zero-order chi connectivity index (χ0) is 12.7. The quantitative estimate of drug-likeness (QED) is 0.882. The number of nitrogens with zero attached hydrogens (tertiary/aromatic N) is 2. The largest absolute Gasteiger partial charge is 0.371 e. The minimum absolute atomic E-state index is 0.178. The van der Waals surface area contributed by atoms with Crippen LogP contribution in [0.25, 0.3) is 0 Å². The normalized spacial score (nSPS) is 28.4. The molecule has 2 aliphatic rings. The lowest BCUT2D eigenvalue weighted by molar-refractivity contribution is -0.0274. The molecule has 1 saturated carbocycles. The second-order valence-electron chi connectivity index (χ2n) is 5.13. The van der Waals surface area contributed by atoms with Gasteiger partial charge in [-0.1, -0.05) is 11.6 Å². The van der Waals surface area contributed by atoms with E-state index in [9.17, 15) is 4.79 Å². The van der Waals surface area contributed by atoms with Crippen LogP contribution in [0.15, 0.2) is 10.9 Å². The topological polar surface area (TPSA) is 58.2 Å². The molecule has 0 bridgehead atoms. The van der Waals surface area contributed by atoms with Crippen molar-refractivity contribution >= 4 is 17.4 Å². The van der Waals surface area contributed by atoms with Crippen molar-refractivity contribution in [2.75, 3.05) is 18.0 Å². The molecule has 2 heterocycles. The molecule has 18 heavy (non-hydrogen) atoms. The maximum atomic E-state index is 11.2. The third-order valence-corrected chi connectivity index (χ3v) is 3.78. The third kappa shape index (κ3) is 2.37. The lowest BCUT2D eigenvalue weighted by Gasteiger charge is -2.37. The summed E-state index contributed by atoms with van der Waals surface area (Å²) in [5.74, 6) is 1.41. The van der Waals surface area contributed by atoms with Gasteiger partial charge in [0, 0.05) is 19.2 Å². The van der Waals surface area contributed by atoms with Crippen molar-refractivity contribution in [1.82, 2.24) is 10.2 Å². The summed E-state index contributed by atoms with van der Waals surface area (Å²) in [6, 6.07) is 1.63. The summed E-state index contributed by atoms with van der Waals surface area (Å²) in [7, 11) is 0. The van der Waals surface area contributed by atoms with Gasteiger partial charge in [-0.05, 0) is 25.7 Å². The maximum absolute atomic E-state index is 11.2. The van der Waals surface area contributed by atoms with E-state index in [0.29, 0.717) is 5.92 Å². The van der Waals surface area contributed by atoms with Gasteiger partial charge in [-0.3, -0.25) is 4.79 Å². The fourth-order valence-electron chi connectivity index (χ4n) is 2.44. The number of morpholine rings is 1. The second-order valence-corrected chi connectivity index (χ2v) is 5.54. The Labute approximate surface area is 110 Å². The molecule has 0 unspecified atom stereocenters. The molecule has 1 aromatic heterocycles. The van der Waals surface area contributed by atoms with E-state index in [1.807, 2.05) is 0 Å². The van der Waals surface area contributed by atoms with Crippen LogP contribution in [0.5, 0.6) is 0 Å². The number of hydrogen-bond acceptors (Lipinski definition) is 4. The van der Waals surface area contributed by atoms with Gasteiger partial charge in [0.25, 0.3) is 5.56 Å². The Morgan fingerprint density at radius 2 is 2.28 bits per heavy atom. The molecule has 6 heteroatoms. The Balaban J connectivity index is 1.81. The smallest absolute Gasteiger partial charge is 0.283 e. The number of H-pyrrole nitrogens is 1. The first-order valence-corrected chi connectivity index (χ1v) is 6.67. The van der Waals surface area contributed by atoms with Crippen molar-refractivity contribution in [3.63, 3.8) is 0 Å². The predicted molar refractivity (Wildman–Crippen MR) is 69.1 cm³/mol. The lowest BCUT2D eigenvalue weighted by Crippen LogP contribution is -2.48. The monoisotopic (exact) mass is 269 g/mol. The van der Waals surface area contributed by atoms with E-state index in [1.165, 1.54) is 12.8 Å². The van der Waals surface area contributed by atoms with Gasteiger partial charge in [-0.2, -0.15) is 5.10 Å². The molecular weight excluding hydrogens is 254 g/mol. The number of rotatable bonds is 2. The average Bonchev–Trinajstić information content (AvgIpc) is 3.16. The molecule has 2 fully saturated rings. The van der Waals surface area contributed by atoms with E-state index in [0.717, 1.165) is 18.9 Å². The first-order chi connectivity index (χ1) is 8.63. The Morgan fingerprint density at radius 1 is 1.50 bits per heavy atom. The van der Waals surface area contributed by atoms with Crippen LogP contribution in [0.3, 0.4) is 0 Å². The molecule has 1 aromatic rings. The fraction of sp³-hybridized carbons (Fsp3) is 0.667. The van der Waals surface area contributed by atoms with Gasteiger partial charge in [0.2, 0.25) is 0 Å². The van der Waals surface area contributed by atoms with Crippen LogP contribution in [0, 0.1) is 5.92 Å². The SMILES string of the molecule is C[C@H]1CN(c2cc(Cl)c(=O)[nH]n2)C[C@H](C2CC2)O1. The lowest BCUT2D eigenvalue weighted by atomic mass is 10.1. The molecular formula is C12H16ClN3O2. The molecule has 5 nitrogen and oxygen atoms in total. The summed E-state index contributed by atoms with van der Waals surface area (Å²) in [5.41, 5.74) is -0.347. The molecule has 98 valence electrons. The van der Waals surface area contributed by atoms with E-state index < -0.39 is 0 Å². The highest BCUT2D eigenvalue weighted by Gasteiger charge is 2.37. The van der Waals surface area contributed by atoms with Crippen LogP contribution in [0.1, 0.15) is 19.8 Å². The van der Waals surface area contributed by atoms with Gasteiger partial charge in [-0.15, -0.1) is 0 Å². The van der Waals surface area contributed by atoms with Crippen molar-refractivity contribution in [3.05, 3.63) is 21.4 Å². The zero-order valence-corrected chi connectivity index (χ0v) is 11.0. The number of aromatic amines is 1. The summed E-state index contributed by atoms with van der Waals surface area (Å²) in [5, 5.41) is 6.66. The van der Waals surface area contributed by atoms with Crippen LogP contribution in [-0.2, 0) is 4.74 Å². The van der Waals surface area contributed by atoms with Gasteiger partial charge < -0.3 is 9.64 Å². The number of halogens is 1. The maximum Gasteiger partial charge on any atom is 0.283 e. The number of aromatic nitrogens is 2. The first-order valence-electron chi connectivity index (χ1n) is 6.29. The highest BCUT2D eigenvalue weighted by molar-refractivity contribution is 6.30. The standard InChI is InChI=1S/C12H16ClN3O2/c1-7-5-16(6-10(18-7)8-2-3-8)11-4-9(13)12(17)15-14-11/h4,7-8,10H,2-3,5-6H2,1H3,(H,15,17)/t7-,10+/m0/s1. The van der Waals surface area contributed by atoms with Gasteiger partial charge in [0.1, 0.15) is 5.02 Å². The summed E-state index contributed by atoms with van der Waals surface area (Å²) < 4.78 is 5.94. The van der Waals surface area contributed by atoms with E-state index in [2.05, 4.69) is 22.0 Å². The Bertz CT molecular complexity index is 500. The van der Waals surface area contributed by atoms with Crippen LogP contribution in [-0.4, -0.2) is 35.5 Å². The Hall–Kier alpha value is -1.07. The third-order valence-electron chi connectivity index (χ3n) is 3.50. The molecule has 3 rings (SSSR count). The highest BCUT2D eigenvalue weighted by atomic mass is 35.5. The molecule has 2 atom stereocenters. The van der Waals surface area contributed by atoms with Crippen molar-refractivity contribution in [2.24, 2.45) is 5.92 Å². The van der Waals surface area contributed by atoms with Gasteiger partial charge in [0.15, 0.2) is 5.82 Å². The van der Waals surface area contributed by atoms with Crippen LogP contribution in [0.2, 0.25) is 5.02 Å². The van der Waals surface area contributed by atoms with Crippen molar-refractivity contribution in [3.8, 4) is 0 Å². The van der Waals surface area contributed by atoms with Gasteiger partial charge in [0.05, 0.1) is 12.2 Å². The number of nitrogens with one attached hydrogen (secondary N) is 1. The van der Waals surface area contributed by atoms with Gasteiger partial charge in [-0.25, -0.2) is 5.10 Å². The molecule has 0 spiro atoms. The summed E-state index contributed by atoms with van der Waals surface area (Å²) >= 11 is 5.84. The van der Waals surface area contributed by atoms with Crippen LogP contribution < -0.4 is 10.5 Å². The number of anilines is 1. The van der Waals surface area contributed by atoms with E-state index in [1.54, 1.807) is 6.07 Å². The Morgan fingerprint density at radius 3 is 2.94 bits per heavy atom. The molecule has 0 amide bonds. The second kappa shape index (κ2) is 4.55. The minimum atomic E-state index is -0.347. The van der Waals surface area contributed by atoms with Gasteiger partial charge >= 0.3 is 0 Å². The molecule has 1 N–H and O–H groups in total. The predicted octanol–water partition coefficient (Wildman–Crippen LogP) is 1.43. The van der Waals surface area contributed by atoms with E-state index in [-0.39, 0.29) is 22.8 Å². The Kier molecular flexibility index (Phi) is 3.03. The van der Waals surface area contributed by atoms with Crippen molar-refractivity contribution < 1.29 is 4.74 Å². The fourth-order valence-corrected chi connectivity index (χ4v) is 2.58. The molecule has 0 radical (unpaired) electrons. The van der Waals surface area contributed by atoms with E-state index >= 15 is 0 Å². The minimum Gasteiger partial charge on any atom is -0.371 e. The van der Waals surface area contributed by atoms with Crippen molar-refractivity contribution in [1.29, 1.82) is 0 Å².